The molecule has 20 heavy (non-hydrogen) atoms. The maximum atomic E-state index is 12.0. The van der Waals surface area contributed by atoms with Crippen molar-refractivity contribution < 1.29 is 17.9 Å². The number of hydrogen-bond acceptors (Lipinski definition) is 5. The van der Waals surface area contributed by atoms with Gasteiger partial charge in [-0.05, 0) is 31.0 Å². The number of sulfonamides is 1. The van der Waals surface area contributed by atoms with Gasteiger partial charge in [0, 0.05) is 13.0 Å². The minimum absolute atomic E-state index is 0.0747. The average molecular weight is 301 g/mol. The van der Waals surface area contributed by atoms with E-state index in [2.05, 4.69) is 4.72 Å². The Bertz CT molecular complexity index is 572. The standard InChI is InChI=1S/C12H19N3O4S/c1-19-11-6-5-9(8-10(11)13)20(17,18)15-7-3-2-4-12(14)16/h5-6,8,15H,2-4,7,13H2,1H3,(H2,14,16). The molecule has 0 fully saturated rings. The van der Waals surface area contributed by atoms with E-state index in [1.54, 1.807) is 0 Å². The minimum Gasteiger partial charge on any atom is -0.495 e. The molecule has 0 aromatic heterocycles. The monoisotopic (exact) mass is 301 g/mol. The fourth-order valence-electron chi connectivity index (χ4n) is 1.59. The first kappa shape index (κ1) is 16.3. The fraction of sp³-hybridized carbons (Fsp3) is 0.417. The first-order valence-electron chi connectivity index (χ1n) is 6.08. The highest BCUT2D eigenvalue weighted by Gasteiger charge is 2.15. The number of nitrogens with one attached hydrogen (secondary N) is 1. The number of ether oxygens (including phenoxy) is 1. The SMILES string of the molecule is COc1ccc(S(=O)(=O)NCCCCC(N)=O)cc1N. The molecule has 0 aliphatic carbocycles. The molecule has 0 bridgehead atoms. The molecular weight excluding hydrogens is 282 g/mol. The average Bonchev–Trinajstić information content (AvgIpc) is 2.37. The number of primary amides is 1. The van der Waals surface area contributed by atoms with Gasteiger partial charge in [-0.25, -0.2) is 13.1 Å². The van der Waals surface area contributed by atoms with E-state index in [-0.39, 0.29) is 23.5 Å². The van der Waals surface area contributed by atoms with E-state index in [0.29, 0.717) is 18.6 Å². The molecule has 1 rings (SSSR count). The summed E-state index contributed by atoms with van der Waals surface area (Å²) in [5.41, 5.74) is 10.9. The highest BCUT2D eigenvalue weighted by atomic mass is 32.2. The zero-order valence-corrected chi connectivity index (χ0v) is 12.1. The van der Waals surface area contributed by atoms with Crippen molar-refractivity contribution in [2.75, 3.05) is 19.4 Å². The van der Waals surface area contributed by atoms with Gasteiger partial charge in [-0.15, -0.1) is 0 Å². The summed E-state index contributed by atoms with van der Waals surface area (Å²) in [7, 11) is -2.15. The molecule has 0 saturated carbocycles. The van der Waals surface area contributed by atoms with Gasteiger partial charge in [-0.3, -0.25) is 4.79 Å². The molecule has 7 nitrogen and oxygen atoms in total. The van der Waals surface area contributed by atoms with E-state index in [1.807, 2.05) is 0 Å². The van der Waals surface area contributed by atoms with E-state index in [1.165, 1.54) is 25.3 Å². The number of hydrogen-bond donors (Lipinski definition) is 3. The Morgan fingerprint density at radius 1 is 1.35 bits per heavy atom. The number of carbonyl (C=O) groups excluding carboxylic acids is 1. The first-order valence-corrected chi connectivity index (χ1v) is 7.56. The van der Waals surface area contributed by atoms with Crippen LogP contribution in [0.1, 0.15) is 19.3 Å². The summed E-state index contributed by atoms with van der Waals surface area (Å²) >= 11 is 0. The van der Waals surface area contributed by atoms with Gasteiger partial charge in [0.05, 0.1) is 17.7 Å². The van der Waals surface area contributed by atoms with Crippen LogP contribution >= 0.6 is 0 Å². The summed E-state index contributed by atoms with van der Waals surface area (Å²) in [6, 6.07) is 4.25. The Hall–Kier alpha value is -1.80. The topological polar surface area (TPSA) is 125 Å². The van der Waals surface area contributed by atoms with Gasteiger partial charge in [0.2, 0.25) is 15.9 Å². The van der Waals surface area contributed by atoms with Crippen molar-refractivity contribution in [2.45, 2.75) is 24.2 Å². The van der Waals surface area contributed by atoms with Crippen LogP contribution < -0.4 is 20.9 Å². The number of unbranched alkanes of at least 4 members (excludes halogenated alkanes) is 1. The van der Waals surface area contributed by atoms with Crippen LogP contribution in [0.2, 0.25) is 0 Å². The molecule has 0 aliphatic rings. The molecule has 0 spiro atoms. The van der Waals surface area contributed by atoms with Crippen molar-refractivity contribution in [1.82, 2.24) is 4.72 Å². The second kappa shape index (κ2) is 7.11. The van der Waals surface area contributed by atoms with E-state index < -0.39 is 15.9 Å². The summed E-state index contributed by atoms with van der Waals surface area (Å²) in [5.74, 6) is 0.0289. The zero-order chi connectivity index (χ0) is 15.2. The quantitative estimate of drug-likeness (QED) is 0.467. The van der Waals surface area contributed by atoms with Crippen molar-refractivity contribution in [2.24, 2.45) is 5.73 Å². The third-order valence-corrected chi connectivity index (χ3v) is 4.11. The van der Waals surface area contributed by atoms with E-state index in [4.69, 9.17) is 16.2 Å². The molecule has 112 valence electrons. The fourth-order valence-corrected chi connectivity index (χ4v) is 2.70. The van der Waals surface area contributed by atoms with Crippen molar-refractivity contribution in [3.8, 4) is 5.75 Å². The number of carbonyl (C=O) groups is 1. The summed E-state index contributed by atoms with van der Waals surface area (Å²) < 4.78 is 31.4. The highest BCUT2D eigenvalue weighted by Crippen LogP contribution is 2.24. The molecule has 0 radical (unpaired) electrons. The number of nitrogen functional groups attached to an aromatic ring is 1. The van der Waals surface area contributed by atoms with Gasteiger partial charge in [-0.2, -0.15) is 0 Å². The van der Waals surface area contributed by atoms with Gasteiger partial charge >= 0.3 is 0 Å². The normalized spacial score (nSPS) is 11.2. The Morgan fingerprint density at radius 2 is 2.05 bits per heavy atom. The first-order chi connectivity index (χ1) is 9.36. The number of anilines is 1. The van der Waals surface area contributed by atoms with Crippen LogP contribution in [-0.4, -0.2) is 28.0 Å². The molecule has 0 atom stereocenters. The number of amides is 1. The molecule has 1 aromatic rings. The van der Waals surface area contributed by atoms with Crippen molar-refractivity contribution in [3.63, 3.8) is 0 Å². The zero-order valence-electron chi connectivity index (χ0n) is 11.3. The van der Waals surface area contributed by atoms with E-state index in [9.17, 15) is 13.2 Å². The number of benzene rings is 1. The van der Waals surface area contributed by atoms with Crippen LogP contribution in [0, 0.1) is 0 Å². The third kappa shape index (κ3) is 4.71. The molecule has 0 unspecified atom stereocenters. The van der Waals surface area contributed by atoms with Gasteiger partial charge in [-0.1, -0.05) is 0 Å². The second-order valence-electron chi connectivity index (χ2n) is 4.22. The molecule has 1 amide bonds. The lowest BCUT2D eigenvalue weighted by atomic mass is 10.2. The number of methoxy groups -OCH3 is 1. The van der Waals surface area contributed by atoms with Crippen LogP contribution in [0.5, 0.6) is 5.75 Å². The number of nitrogens with two attached hydrogens (primary N) is 2. The molecular formula is C12H19N3O4S. The van der Waals surface area contributed by atoms with Crippen molar-refractivity contribution >= 4 is 21.6 Å². The predicted molar refractivity (Wildman–Crippen MR) is 75.6 cm³/mol. The third-order valence-electron chi connectivity index (χ3n) is 2.65. The Kier molecular flexibility index (Phi) is 5.78. The lowest BCUT2D eigenvalue weighted by Gasteiger charge is -2.09. The highest BCUT2D eigenvalue weighted by molar-refractivity contribution is 7.89. The summed E-state index contributed by atoms with van der Waals surface area (Å²) in [4.78, 5) is 10.6. The van der Waals surface area contributed by atoms with Crippen LogP contribution in [0.15, 0.2) is 23.1 Å². The minimum atomic E-state index is -3.61. The van der Waals surface area contributed by atoms with Crippen LogP contribution in [0.25, 0.3) is 0 Å². The number of rotatable bonds is 8. The maximum Gasteiger partial charge on any atom is 0.240 e. The second-order valence-corrected chi connectivity index (χ2v) is 5.99. The maximum absolute atomic E-state index is 12.0. The van der Waals surface area contributed by atoms with Crippen LogP contribution in [0.4, 0.5) is 5.69 Å². The molecule has 1 aromatic carbocycles. The largest absolute Gasteiger partial charge is 0.495 e. The Morgan fingerprint density at radius 3 is 2.60 bits per heavy atom. The molecule has 0 saturated heterocycles. The summed E-state index contributed by atoms with van der Waals surface area (Å²) in [5, 5.41) is 0. The van der Waals surface area contributed by atoms with Gasteiger partial charge in [0.15, 0.2) is 0 Å². The lowest BCUT2D eigenvalue weighted by molar-refractivity contribution is -0.118. The molecule has 5 N–H and O–H groups in total. The Labute approximate surface area is 118 Å². The van der Waals surface area contributed by atoms with Crippen molar-refractivity contribution in [3.05, 3.63) is 18.2 Å². The lowest BCUT2D eigenvalue weighted by Crippen LogP contribution is -2.25. The van der Waals surface area contributed by atoms with Crippen molar-refractivity contribution in [1.29, 1.82) is 0 Å². The van der Waals surface area contributed by atoms with Crippen LogP contribution in [0.3, 0.4) is 0 Å². The van der Waals surface area contributed by atoms with Crippen LogP contribution in [-0.2, 0) is 14.8 Å². The Balaban J connectivity index is 2.60. The predicted octanol–water partition coefficient (Wildman–Crippen LogP) is 0.211. The summed E-state index contributed by atoms with van der Waals surface area (Å²) in [6.45, 7) is 0.238. The van der Waals surface area contributed by atoms with E-state index in [0.717, 1.165) is 0 Å². The molecule has 0 heterocycles. The van der Waals surface area contributed by atoms with Gasteiger partial charge in [0.25, 0.3) is 0 Å². The smallest absolute Gasteiger partial charge is 0.240 e. The molecule has 0 aliphatic heterocycles. The van der Waals surface area contributed by atoms with Gasteiger partial charge < -0.3 is 16.2 Å². The summed E-state index contributed by atoms with van der Waals surface area (Å²) in [6.07, 6.45) is 1.33. The molecule has 8 heteroatoms. The van der Waals surface area contributed by atoms with Gasteiger partial charge in [0.1, 0.15) is 5.75 Å². The van der Waals surface area contributed by atoms with E-state index >= 15 is 0 Å².